The zero-order valence-electron chi connectivity index (χ0n) is 18.4. The number of rotatable bonds is 11. The molecule has 2 rings (SSSR count). The highest BCUT2D eigenvalue weighted by molar-refractivity contribution is 5.90. The monoisotopic (exact) mass is 430 g/mol. The van der Waals surface area contributed by atoms with Crippen molar-refractivity contribution in [2.45, 2.75) is 64.5 Å². The summed E-state index contributed by atoms with van der Waals surface area (Å²) in [7, 11) is 0. The van der Waals surface area contributed by atoms with Crippen LogP contribution in [0.4, 0.5) is 0 Å². The normalized spacial score (nSPS) is 16.9. The van der Waals surface area contributed by atoms with E-state index in [0.29, 0.717) is 12.0 Å². The molecule has 0 radical (unpaired) electrons. The van der Waals surface area contributed by atoms with Crippen molar-refractivity contribution in [1.29, 1.82) is 0 Å². The SMILES string of the molecule is C=CC[C@H](C(=O)NO)[C@@H](CC(C)C)C(=O)N[C@H](C(=O)OC1CCCC1)c1ccccc1. The van der Waals surface area contributed by atoms with E-state index in [-0.39, 0.29) is 18.4 Å². The highest BCUT2D eigenvalue weighted by Crippen LogP contribution is 2.28. The Morgan fingerprint density at radius 2 is 1.77 bits per heavy atom. The van der Waals surface area contributed by atoms with Gasteiger partial charge in [-0.15, -0.1) is 6.58 Å². The fourth-order valence-corrected chi connectivity index (χ4v) is 4.09. The standard InChI is InChI=1S/C24H34N2O5/c1-4-10-19(23(28)26-30)20(15-16(2)3)22(27)25-21(17-11-6-5-7-12-17)24(29)31-18-13-8-9-14-18/h4-7,11-12,16,18-21,30H,1,8-10,13-15H2,2-3H3,(H,25,27)(H,26,28)/t19-,20+,21-/m0/s1. The van der Waals surface area contributed by atoms with Crippen LogP contribution in [-0.4, -0.2) is 29.1 Å². The van der Waals surface area contributed by atoms with Gasteiger partial charge in [-0.3, -0.25) is 14.8 Å². The van der Waals surface area contributed by atoms with E-state index in [9.17, 15) is 14.4 Å². The third-order valence-corrected chi connectivity index (χ3v) is 5.66. The molecule has 1 fully saturated rings. The van der Waals surface area contributed by atoms with E-state index >= 15 is 0 Å². The van der Waals surface area contributed by atoms with Gasteiger partial charge in [0.2, 0.25) is 11.8 Å². The number of ether oxygens (including phenoxy) is 1. The number of allylic oxidation sites excluding steroid dienone is 1. The van der Waals surface area contributed by atoms with Crippen molar-refractivity contribution in [3.05, 3.63) is 48.6 Å². The molecule has 1 aromatic rings. The van der Waals surface area contributed by atoms with E-state index in [0.717, 1.165) is 25.7 Å². The van der Waals surface area contributed by atoms with Gasteiger partial charge in [0, 0.05) is 0 Å². The fraction of sp³-hybridized carbons (Fsp3) is 0.542. The van der Waals surface area contributed by atoms with E-state index in [1.807, 2.05) is 19.9 Å². The maximum Gasteiger partial charge on any atom is 0.333 e. The average molecular weight is 431 g/mol. The number of carbonyl (C=O) groups excluding carboxylic acids is 3. The summed E-state index contributed by atoms with van der Waals surface area (Å²) in [5.41, 5.74) is 2.28. The van der Waals surface area contributed by atoms with Crippen LogP contribution in [0.1, 0.15) is 64.0 Å². The number of hydroxylamine groups is 1. The Bertz CT molecular complexity index is 744. The van der Waals surface area contributed by atoms with Crippen molar-refractivity contribution in [3.63, 3.8) is 0 Å². The Labute approximate surface area is 184 Å². The van der Waals surface area contributed by atoms with Crippen molar-refractivity contribution < 1.29 is 24.3 Å². The molecule has 0 aliphatic heterocycles. The largest absolute Gasteiger partial charge is 0.461 e. The molecule has 0 unspecified atom stereocenters. The number of nitrogens with one attached hydrogen (secondary N) is 2. The van der Waals surface area contributed by atoms with Gasteiger partial charge in [0.15, 0.2) is 6.04 Å². The zero-order valence-corrected chi connectivity index (χ0v) is 18.4. The second-order valence-corrected chi connectivity index (χ2v) is 8.54. The number of amides is 2. The highest BCUT2D eigenvalue weighted by atomic mass is 16.5. The van der Waals surface area contributed by atoms with E-state index in [4.69, 9.17) is 9.94 Å². The maximum atomic E-state index is 13.3. The molecule has 31 heavy (non-hydrogen) atoms. The van der Waals surface area contributed by atoms with Crippen LogP contribution in [0.15, 0.2) is 43.0 Å². The minimum Gasteiger partial charge on any atom is -0.461 e. The molecule has 3 atom stereocenters. The molecule has 0 bridgehead atoms. The molecule has 0 saturated heterocycles. The van der Waals surface area contributed by atoms with Gasteiger partial charge in [-0.05, 0) is 50.0 Å². The first-order valence-corrected chi connectivity index (χ1v) is 11.0. The summed E-state index contributed by atoms with van der Waals surface area (Å²) in [5.74, 6) is -2.99. The summed E-state index contributed by atoms with van der Waals surface area (Å²) in [4.78, 5) is 38.6. The Morgan fingerprint density at radius 3 is 2.32 bits per heavy atom. The van der Waals surface area contributed by atoms with Crippen LogP contribution in [-0.2, 0) is 19.1 Å². The topological polar surface area (TPSA) is 105 Å². The van der Waals surface area contributed by atoms with Gasteiger partial charge in [0.1, 0.15) is 6.10 Å². The third-order valence-electron chi connectivity index (χ3n) is 5.66. The molecule has 0 spiro atoms. The summed E-state index contributed by atoms with van der Waals surface area (Å²) < 4.78 is 5.68. The Morgan fingerprint density at radius 1 is 1.13 bits per heavy atom. The highest BCUT2D eigenvalue weighted by Gasteiger charge is 2.36. The molecule has 170 valence electrons. The minimum atomic E-state index is -0.967. The van der Waals surface area contributed by atoms with Crippen LogP contribution in [0.3, 0.4) is 0 Å². The van der Waals surface area contributed by atoms with E-state index in [1.165, 1.54) is 0 Å². The predicted octanol–water partition coefficient (Wildman–Crippen LogP) is 3.69. The predicted molar refractivity (Wildman–Crippen MR) is 117 cm³/mol. The lowest BCUT2D eigenvalue weighted by Gasteiger charge is -2.28. The smallest absolute Gasteiger partial charge is 0.333 e. The number of benzene rings is 1. The molecule has 3 N–H and O–H groups in total. The molecular weight excluding hydrogens is 396 g/mol. The van der Waals surface area contributed by atoms with Crippen LogP contribution >= 0.6 is 0 Å². The second kappa shape index (κ2) is 12.2. The molecule has 1 aromatic carbocycles. The number of hydrogen-bond acceptors (Lipinski definition) is 5. The first-order valence-electron chi connectivity index (χ1n) is 11.0. The first kappa shape index (κ1) is 24.6. The van der Waals surface area contributed by atoms with Crippen molar-refractivity contribution in [2.24, 2.45) is 17.8 Å². The summed E-state index contributed by atoms with van der Waals surface area (Å²) in [5, 5.41) is 12.0. The molecule has 1 aliphatic rings. The summed E-state index contributed by atoms with van der Waals surface area (Å²) >= 11 is 0. The molecule has 0 aromatic heterocycles. The average Bonchev–Trinajstić information content (AvgIpc) is 3.27. The van der Waals surface area contributed by atoms with Crippen LogP contribution < -0.4 is 10.8 Å². The zero-order chi connectivity index (χ0) is 22.8. The van der Waals surface area contributed by atoms with Crippen LogP contribution in [0.5, 0.6) is 0 Å². The van der Waals surface area contributed by atoms with Gasteiger partial charge < -0.3 is 10.1 Å². The maximum absolute atomic E-state index is 13.3. The molecule has 2 amide bonds. The van der Waals surface area contributed by atoms with Gasteiger partial charge in [-0.25, -0.2) is 10.3 Å². The van der Waals surface area contributed by atoms with Crippen molar-refractivity contribution in [1.82, 2.24) is 10.8 Å². The van der Waals surface area contributed by atoms with Gasteiger partial charge >= 0.3 is 5.97 Å². The quantitative estimate of drug-likeness (QED) is 0.215. The van der Waals surface area contributed by atoms with Gasteiger partial charge in [-0.2, -0.15) is 0 Å². The minimum absolute atomic E-state index is 0.121. The van der Waals surface area contributed by atoms with E-state index in [2.05, 4.69) is 11.9 Å². The Hall–Kier alpha value is -2.67. The molecule has 1 saturated carbocycles. The fourth-order valence-electron chi connectivity index (χ4n) is 4.09. The summed E-state index contributed by atoms with van der Waals surface area (Å²) in [6.07, 6.45) is 5.76. The Kier molecular flexibility index (Phi) is 9.72. The lowest BCUT2D eigenvalue weighted by Crippen LogP contribution is -2.45. The van der Waals surface area contributed by atoms with Gasteiger partial charge in [0.05, 0.1) is 11.8 Å². The van der Waals surface area contributed by atoms with Crippen LogP contribution in [0.25, 0.3) is 0 Å². The van der Waals surface area contributed by atoms with Crippen LogP contribution in [0.2, 0.25) is 0 Å². The molecular formula is C24H34N2O5. The lowest BCUT2D eigenvalue weighted by molar-refractivity contribution is -0.153. The first-order chi connectivity index (χ1) is 14.9. The second-order valence-electron chi connectivity index (χ2n) is 8.54. The number of carbonyl (C=O) groups is 3. The molecule has 7 heteroatoms. The van der Waals surface area contributed by atoms with Crippen LogP contribution in [0, 0.1) is 17.8 Å². The van der Waals surface area contributed by atoms with Gasteiger partial charge in [-0.1, -0.05) is 50.3 Å². The van der Waals surface area contributed by atoms with E-state index < -0.39 is 35.7 Å². The molecule has 0 heterocycles. The van der Waals surface area contributed by atoms with Crippen molar-refractivity contribution >= 4 is 17.8 Å². The van der Waals surface area contributed by atoms with Gasteiger partial charge in [0.25, 0.3) is 0 Å². The summed E-state index contributed by atoms with van der Waals surface area (Å²) in [6.45, 7) is 7.56. The lowest BCUT2D eigenvalue weighted by atomic mass is 9.82. The number of esters is 1. The van der Waals surface area contributed by atoms with E-state index in [1.54, 1.807) is 35.8 Å². The van der Waals surface area contributed by atoms with Crippen molar-refractivity contribution in [3.8, 4) is 0 Å². The molecule has 1 aliphatic carbocycles. The third kappa shape index (κ3) is 7.21. The Balaban J connectivity index is 2.27. The van der Waals surface area contributed by atoms with Crippen molar-refractivity contribution in [2.75, 3.05) is 0 Å². The summed E-state index contributed by atoms with van der Waals surface area (Å²) in [6, 6.07) is 7.98. The number of hydrogen-bond donors (Lipinski definition) is 3. The molecule has 7 nitrogen and oxygen atoms in total.